The fraction of sp³-hybridized carbons (Fsp3) is 0.294. The highest BCUT2D eigenvalue weighted by Gasteiger charge is 2.06. The molecule has 0 bridgehead atoms. The van der Waals surface area contributed by atoms with Gasteiger partial charge in [0.15, 0.2) is 11.5 Å². The van der Waals surface area contributed by atoms with Crippen LogP contribution in [0.3, 0.4) is 0 Å². The van der Waals surface area contributed by atoms with Crippen LogP contribution in [0.15, 0.2) is 40.9 Å². The van der Waals surface area contributed by atoms with Gasteiger partial charge in [-0.2, -0.15) is 0 Å². The van der Waals surface area contributed by atoms with Crippen molar-refractivity contribution in [3.63, 3.8) is 0 Å². The van der Waals surface area contributed by atoms with Crippen LogP contribution in [0.4, 0.5) is 5.69 Å². The summed E-state index contributed by atoms with van der Waals surface area (Å²) < 4.78 is 12.0. The predicted molar refractivity (Wildman–Crippen MR) is 90.4 cm³/mol. The van der Waals surface area contributed by atoms with E-state index in [-0.39, 0.29) is 0 Å². The summed E-state index contributed by atoms with van der Waals surface area (Å²) in [7, 11) is 1.66. The predicted octanol–water partition coefficient (Wildman–Crippen LogP) is 4.78. The summed E-state index contributed by atoms with van der Waals surface area (Å²) in [6, 6.07) is 12.2. The van der Waals surface area contributed by atoms with E-state index in [0.29, 0.717) is 6.61 Å². The van der Waals surface area contributed by atoms with Crippen LogP contribution in [0.25, 0.3) is 0 Å². The summed E-state index contributed by atoms with van der Waals surface area (Å²) in [6.07, 6.45) is 0. The van der Waals surface area contributed by atoms with Crippen LogP contribution in [0, 0.1) is 6.92 Å². The zero-order valence-electron chi connectivity index (χ0n) is 12.6. The van der Waals surface area contributed by atoms with Gasteiger partial charge in [-0.15, -0.1) is 0 Å². The van der Waals surface area contributed by atoms with Crippen LogP contribution in [-0.4, -0.2) is 13.7 Å². The van der Waals surface area contributed by atoms with E-state index in [1.807, 2.05) is 25.1 Å². The van der Waals surface area contributed by atoms with Gasteiger partial charge in [-0.25, -0.2) is 0 Å². The van der Waals surface area contributed by atoms with E-state index in [4.69, 9.17) is 9.47 Å². The number of nitrogens with one attached hydrogen (secondary N) is 1. The molecule has 0 aliphatic rings. The number of rotatable bonds is 6. The molecule has 0 atom stereocenters. The maximum absolute atomic E-state index is 5.53. The maximum atomic E-state index is 5.53. The Kier molecular flexibility index (Phi) is 5.51. The first-order valence-electron chi connectivity index (χ1n) is 6.93. The van der Waals surface area contributed by atoms with E-state index < -0.39 is 0 Å². The molecule has 2 rings (SSSR count). The lowest BCUT2D eigenvalue weighted by Gasteiger charge is -2.13. The molecule has 4 heteroatoms. The molecule has 112 valence electrons. The van der Waals surface area contributed by atoms with Gasteiger partial charge < -0.3 is 14.8 Å². The Bertz CT molecular complexity index is 614. The number of halogens is 1. The third-order valence-electron chi connectivity index (χ3n) is 3.13. The normalized spacial score (nSPS) is 10.3. The van der Waals surface area contributed by atoms with Crippen LogP contribution in [0.5, 0.6) is 11.5 Å². The molecule has 0 spiro atoms. The monoisotopic (exact) mass is 349 g/mol. The molecule has 0 unspecified atom stereocenters. The van der Waals surface area contributed by atoms with Crippen LogP contribution in [0.2, 0.25) is 0 Å². The molecular weight excluding hydrogens is 330 g/mol. The van der Waals surface area contributed by atoms with Gasteiger partial charge >= 0.3 is 0 Å². The minimum absolute atomic E-state index is 0.629. The van der Waals surface area contributed by atoms with Gasteiger partial charge in [-0.1, -0.05) is 12.1 Å². The second kappa shape index (κ2) is 7.36. The number of hydrogen-bond donors (Lipinski definition) is 1. The van der Waals surface area contributed by atoms with Crippen molar-refractivity contribution in [2.75, 3.05) is 19.0 Å². The molecule has 2 aromatic rings. The van der Waals surface area contributed by atoms with E-state index in [1.54, 1.807) is 7.11 Å². The van der Waals surface area contributed by atoms with Crippen molar-refractivity contribution in [3.8, 4) is 11.5 Å². The molecule has 21 heavy (non-hydrogen) atoms. The van der Waals surface area contributed by atoms with Gasteiger partial charge in [0, 0.05) is 16.7 Å². The van der Waals surface area contributed by atoms with Gasteiger partial charge in [0.1, 0.15) is 0 Å². The first-order valence-corrected chi connectivity index (χ1v) is 7.73. The van der Waals surface area contributed by atoms with E-state index in [1.165, 1.54) is 5.56 Å². The quantitative estimate of drug-likeness (QED) is 0.814. The summed E-state index contributed by atoms with van der Waals surface area (Å²) >= 11 is 3.56. The third kappa shape index (κ3) is 4.14. The Hall–Kier alpha value is -1.68. The van der Waals surface area contributed by atoms with E-state index >= 15 is 0 Å². The minimum Gasteiger partial charge on any atom is -0.493 e. The Morgan fingerprint density at radius 1 is 1.10 bits per heavy atom. The zero-order chi connectivity index (χ0) is 15.2. The highest BCUT2D eigenvalue weighted by molar-refractivity contribution is 9.10. The average molecular weight is 350 g/mol. The second-order valence-electron chi connectivity index (χ2n) is 4.76. The van der Waals surface area contributed by atoms with Gasteiger partial charge in [0.2, 0.25) is 0 Å². The topological polar surface area (TPSA) is 30.5 Å². The third-order valence-corrected chi connectivity index (χ3v) is 3.82. The van der Waals surface area contributed by atoms with Crippen molar-refractivity contribution < 1.29 is 9.47 Å². The van der Waals surface area contributed by atoms with Gasteiger partial charge in [0.05, 0.1) is 13.7 Å². The average Bonchev–Trinajstić information content (AvgIpc) is 2.49. The molecule has 0 saturated heterocycles. The van der Waals surface area contributed by atoms with E-state index in [9.17, 15) is 0 Å². The van der Waals surface area contributed by atoms with E-state index in [0.717, 1.165) is 33.8 Å². The molecule has 2 aromatic carbocycles. The van der Waals surface area contributed by atoms with E-state index in [2.05, 4.69) is 46.4 Å². The standard InChI is InChI=1S/C17H20BrNO2/c1-4-21-16-8-6-13(10-17(16)20-3)11-19-15-9-12(2)5-7-14(15)18/h5-10,19H,4,11H2,1-3H3. The molecule has 0 amide bonds. The molecule has 0 aliphatic carbocycles. The highest BCUT2D eigenvalue weighted by atomic mass is 79.9. The Morgan fingerprint density at radius 2 is 1.90 bits per heavy atom. The number of benzene rings is 2. The number of aryl methyl sites for hydroxylation is 1. The lowest BCUT2D eigenvalue weighted by atomic mass is 10.2. The summed E-state index contributed by atoms with van der Waals surface area (Å²) in [5.74, 6) is 1.54. The van der Waals surface area contributed by atoms with Crippen molar-refractivity contribution in [2.24, 2.45) is 0 Å². The van der Waals surface area contributed by atoms with Gasteiger partial charge in [-0.05, 0) is 65.2 Å². The summed E-state index contributed by atoms with van der Waals surface area (Å²) in [4.78, 5) is 0. The Labute approximate surface area is 134 Å². The van der Waals surface area contributed by atoms with Crippen LogP contribution in [0.1, 0.15) is 18.1 Å². The molecule has 0 radical (unpaired) electrons. The van der Waals surface area contributed by atoms with Crippen LogP contribution in [-0.2, 0) is 6.54 Å². The Balaban J connectivity index is 2.11. The fourth-order valence-corrected chi connectivity index (χ4v) is 2.46. The second-order valence-corrected chi connectivity index (χ2v) is 5.61. The largest absolute Gasteiger partial charge is 0.493 e. The minimum atomic E-state index is 0.629. The lowest BCUT2D eigenvalue weighted by Crippen LogP contribution is -2.02. The van der Waals surface area contributed by atoms with Crippen molar-refractivity contribution in [2.45, 2.75) is 20.4 Å². The number of ether oxygens (including phenoxy) is 2. The number of anilines is 1. The van der Waals surface area contributed by atoms with Crippen molar-refractivity contribution in [3.05, 3.63) is 52.0 Å². The smallest absolute Gasteiger partial charge is 0.161 e. The fourth-order valence-electron chi connectivity index (χ4n) is 2.07. The van der Waals surface area contributed by atoms with Crippen molar-refractivity contribution in [1.29, 1.82) is 0 Å². The summed E-state index contributed by atoms with van der Waals surface area (Å²) in [5.41, 5.74) is 3.46. The highest BCUT2D eigenvalue weighted by Crippen LogP contribution is 2.29. The number of methoxy groups -OCH3 is 1. The molecule has 0 fully saturated rings. The zero-order valence-corrected chi connectivity index (χ0v) is 14.2. The van der Waals surface area contributed by atoms with Crippen LogP contribution < -0.4 is 14.8 Å². The molecule has 0 heterocycles. The molecular formula is C17H20BrNO2. The molecule has 3 nitrogen and oxygen atoms in total. The molecule has 1 N–H and O–H groups in total. The molecule has 0 saturated carbocycles. The molecule has 0 aliphatic heterocycles. The summed E-state index contributed by atoms with van der Waals surface area (Å²) in [6.45, 7) is 5.40. The van der Waals surface area contributed by atoms with Crippen molar-refractivity contribution >= 4 is 21.6 Å². The molecule has 0 aromatic heterocycles. The van der Waals surface area contributed by atoms with Gasteiger partial charge in [0.25, 0.3) is 0 Å². The summed E-state index contributed by atoms with van der Waals surface area (Å²) in [5, 5.41) is 3.43. The number of hydrogen-bond acceptors (Lipinski definition) is 3. The van der Waals surface area contributed by atoms with Crippen molar-refractivity contribution in [1.82, 2.24) is 0 Å². The van der Waals surface area contributed by atoms with Crippen LogP contribution >= 0.6 is 15.9 Å². The maximum Gasteiger partial charge on any atom is 0.161 e. The SMILES string of the molecule is CCOc1ccc(CNc2cc(C)ccc2Br)cc1OC. The lowest BCUT2D eigenvalue weighted by molar-refractivity contribution is 0.310. The first kappa shape index (κ1) is 15.7. The first-order chi connectivity index (χ1) is 10.1. The Morgan fingerprint density at radius 3 is 2.62 bits per heavy atom. The van der Waals surface area contributed by atoms with Gasteiger partial charge in [-0.3, -0.25) is 0 Å².